The van der Waals surface area contributed by atoms with Crippen molar-refractivity contribution in [3.63, 3.8) is 0 Å². The Balaban J connectivity index is 2.60. The first kappa shape index (κ1) is 14.7. The summed E-state index contributed by atoms with van der Waals surface area (Å²) in [4.78, 5) is 21.9. The fourth-order valence-electron chi connectivity index (χ4n) is 2.08. The molecule has 1 aromatic heterocycles. The van der Waals surface area contributed by atoms with E-state index >= 15 is 0 Å². The van der Waals surface area contributed by atoms with Gasteiger partial charge in [-0.2, -0.15) is 5.10 Å². The molecule has 1 aromatic carbocycles. The highest BCUT2D eigenvalue weighted by Crippen LogP contribution is 2.31. The molecule has 21 heavy (non-hydrogen) atoms. The van der Waals surface area contributed by atoms with Crippen molar-refractivity contribution in [1.29, 1.82) is 0 Å². The van der Waals surface area contributed by atoms with Gasteiger partial charge in [-0.25, -0.2) is 4.79 Å². The van der Waals surface area contributed by atoms with Crippen LogP contribution in [0.4, 0.5) is 5.69 Å². The zero-order valence-corrected chi connectivity index (χ0v) is 11.7. The number of nitro groups is 1. The van der Waals surface area contributed by atoms with Gasteiger partial charge in [-0.15, -0.1) is 0 Å². The fraction of sp³-hybridized carbons (Fsp3) is 0.286. The van der Waals surface area contributed by atoms with Gasteiger partial charge in [0.25, 0.3) is 5.69 Å². The molecule has 7 nitrogen and oxygen atoms in total. The first-order valence-electron chi connectivity index (χ1n) is 6.44. The number of nitrogens with zero attached hydrogens (tertiary/aromatic N) is 3. The Morgan fingerprint density at radius 2 is 2.10 bits per heavy atom. The number of hydrogen-bond donors (Lipinski definition) is 1. The van der Waals surface area contributed by atoms with E-state index in [0.29, 0.717) is 6.54 Å². The Labute approximate surface area is 121 Å². The van der Waals surface area contributed by atoms with Crippen LogP contribution in [-0.4, -0.2) is 25.8 Å². The molecule has 0 aliphatic carbocycles. The normalized spacial score (nSPS) is 10.8. The number of carbonyl (C=O) groups is 1. The highest BCUT2D eigenvalue weighted by atomic mass is 16.6. The zero-order valence-electron chi connectivity index (χ0n) is 11.7. The van der Waals surface area contributed by atoms with Gasteiger partial charge in [0.2, 0.25) is 0 Å². The number of para-hydroxylation sites is 1. The predicted octanol–water partition coefficient (Wildman–Crippen LogP) is 2.81. The van der Waals surface area contributed by atoms with E-state index in [1.807, 2.05) is 13.8 Å². The van der Waals surface area contributed by atoms with Crippen molar-refractivity contribution in [2.75, 3.05) is 0 Å². The minimum Gasteiger partial charge on any atom is -0.478 e. The largest absolute Gasteiger partial charge is 0.478 e. The minimum absolute atomic E-state index is 0.0371. The molecule has 0 radical (unpaired) electrons. The van der Waals surface area contributed by atoms with Gasteiger partial charge in [0, 0.05) is 18.8 Å². The second-order valence-corrected chi connectivity index (χ2v) is 5.09. The lowest BCUT2D eigenvalue weighted by Crippen LogP contribution is -2.04. The van der Waals surface area contributed by atoms with Gasteiger partial charge < -0.3 is 5.11 Å². The summed E-state index contributed by atoms with van der Waals surface area (Å²) < 4.78 is 1.51. The van der Waals surface area contributed by atoms with Crippen molar-refractivity contribution >= 4 is 11.7 Å². The van der Waals surface area contributed by atoms with Gasteiger partial charge in [0.15, 0.2) is 0 Å². The molecule has 0 amide bonds. The van der Waals surface area contributed by atoms with Crippen molar-refractivity contribution in [3.8, 4) is 11.3 Å². The van der Waals surface area contributed by atoms with Crippen LogP contribution in [0.3, 0.4) is 0 Å². The van der Waals surface area contributed by atoms with E-state index in [9.17, 15) is 20.0 Å². The molecule has 2 aromatic rings. The minimum atomic E-state index is -1.15. The molecule has 0 spiro atoms. The molecule has 0 saturated heterocycles. The first-order chi connectivity index (χ1) is 9.90. The summed E-state index contributed by atoms with van der Waals surface area (Å²) in [6.45, 7) is 4.50. The second kappa shape index (κ2) is 5.74. The number of carboxylic acid groups (broad SMARTS) is 1. The maximum Gasteiger partial charge on any atom is 0.339 e. The lowest BCUT2D eigenvalue weighted by molar-refractivity contribution is -0.384. The molecule has 0 saturated carbocycles. The second-order valence-electron chi connectivity index (χ2n) is 5.09. The third kappa shape index (κ3) is 3.07. The lowest BCUT2D eigenvalue weighted by atomic mass is 10.1. The summed E-state index contributed by atoms with van der Waals surface area (Å²) in [5.41, 5.74) is 0.137. The summed E-state index contributed by atoms with van der Waals surface area (Å²) in [6, 6.07) is 6.00. The van der Waals surface area contributed by atoms with Gasteiger partial charge in [-0.1, -0.05) is 26.0 Å². The molecule has 0 aliphatic rings. The average molecular weight is 289 g/mol. The Hall–Kier alpha value is -2.70. The third-order valence-electron chi connectivity index (χ3n) is 2.90. The number of aromatic carboxylic acids is 1. The van der Waals surface area contributed by atoms with Crippen LogP contribution in [0.25, 0.3) is 11.3 Å². The highest BCUT2D eigenvalue weighted by Gasteiger charge is 2.23. The maximum atomic E-state index is 11.4. The van der Waals surface area contributed by atoms with Gasteiger partial charge >= 0.3 is 5.97 Å². The molecule has 7 heteroatoms. The molecule has 2 rings (SSSR count). The summed E-state index contributed by atoms with van der Waals surface area (Å²) in [6.07, 6.45) is 1.41. The molecule has 1 heterocycles. The predicted molar refractivity (Wildman–Crippen MR) is 76.1 cm³/mol. The van der Waals surface area contributed by atoms with Crippen LogP contribution in [0, 0.1) is 16.0 Å². The molecule has 0 aliphatic heterocycles. The van der Waals surface area contributed by atoms with Crippen LogP contribution in [0.15, 0.2) is 30.5 Å². The number of aromatic nitrogens is 2. The summed E-state index contributed by atoms with van der Waals surface area (Å²) >= 11 is 0. The smallest absolute Gasteiger partial charge is 0.339 e. The zero-order chi connectivity index (χ0) is 15.6. The number of hydrogen-bond acceptors (Lipinski definition) is 4. The van der Waals surface area contributed by atoms with Crippen LogP contribution in [0.5, 0.6) is 0 Å². The van der Waals surface area contributed by atoms with Crippen molar-refractivity contribution in [2.45, 2.75) is 20.4 Å². The van der Waals surface area contributed by atoms with E-state index < -0.39 is 10.9 Å². The Morgan fingerprint density at radius 3 is 2.67 bits per heavy atom. The molecule has 110 valence electrons. The molecule has 0 unspecified atom stereocenters. The number of benzene rings is 1. The van der Waals surface area contributed by atoms with Crippen LogP contribution in [-0.2, 0) is 6.54 Å². The van der Waals surface area contributed by atoms with E-state index in [0.717, 1.165) is 0 Å². The van der Waals surface area contributed by atoms with E-state index in [-0.39, 0.29) is 28.4 Å². The van der Waals surface area contributed by atoms with Crippen molar-refractivity contribution < 1.29 is 14.8 Å². The van der Waals surface area contributed by atoms with E-state index in [4.69, 9.17) is 0 Å². The van der Waals surface area contributed by atoms with Gasteiger partial charge in [0.05, 0.1) is 10.5 Å². The molecule has 1 N–H and O–H groups in total. The van der Waals surface area contributed by atoms with Crippen LogP contribution < -0.4 is 0 Å². The number of rotatable bonds is 5. The van der Waals surface area contributed by atoms with Crippen molar-refractivity contribution in [1.82, 2.24) is 9.78 Å². The van der Waals surface area contributed by atoms with E-state index in [2.05, 4.69) is 5.10 Å². The van der Waals surface area contributed by atoms with Crippen LogP contribution in [0.2, 0.25) is 0 Å². The van der Waals surface area contributed by atoms with Gasteiger partial charge in [-0.3, -0.25) is 14.8 Å². The van der Waals surface area contributed by atoms with Gasteiger partial charge in [-0.05, 0) is 12.0 Å². The SMILES string of the molecule is CC(C)Cn1cc(C(=O)O)c(-c2ccccc2[N+](=O)[O-])n1. The standard InChI is InChI=1S/C14H15N3O4/c1-9(2)7-16-8-11(14(18)19)13(15-16)10-5-3-4-6-12(10)17(20)21/h3-6,8-9H,7H2,1-2H3,(H,18,19). The van der Waals surface area contributed by atoms with Crippen LogP contribution in [0.1, 0.15) is 24.2 Å². The molecule has 0 atom stereocenters. The van der Waals surface area contributed by atoms with E-state index in [1.54, 1.807) is 6.07 Å². The quantitative estimate of drug-likeness (QED) is 0.674. The van der Waals surface area contributed by atoms with Crippen molar-refractivity contribution in [2.24, 2.45) is 5.92 Å². The molecule has 0 fully saturated rings. The summed E-state index contributed by atoms with van der Waals surface area (Å²) in [5, 5.41) is 24.6. The molecule has 0 bridgehead atoms. The summed E-state index contributed by atoms with van der Waals surface area (Å²) in [5.74, 6) is -0.872. The number of nitro benzene ring substituents is 1. The lowest BCUT2D eigenvalue weighted by Gasteiger charge is -2.04. The maximum absolute atomic E-state index is 11.4. The molecular formula is C14H15N3O4. The average Bonchev–Trinajstić information content (AvgIpc) is 2.81. The van der Waals surface area contributed by atoms with E-state index in [1.165, 1.54) is 29.1 Å². The fourth-order valence-corrected chi connectivity index (χ4v) is 2.08. The number of carboxylic acids is 1. The van der Waals surface area contributed by atoms with Crippen LogP contribution >= 0.6 is 0 Å². The Bertz CT molecular complexity index is 691. The topological polar surface area (TPSA) is 98.3 Å². The highest BCUT2D eigenvalue weighted by molar-refractivity contribution is 5.95. The van der Waals surface area contributed by atoms with Gasteiger partial charge in [0.1, 0.15) is 11.3 Å². The Morgan fingerprint density at radius 1 is 1.43 bits per heavy atom. The summed E-state index contributed by atoms with van der Waals surface area (Å²) in [7, 11) is 0. The molecular weight excluding hydrogens is 274 g/mol. The Kier molecular flexibility index (Phi) is 4.02. The first-order valence-corrected chi connectivity index (χ1v) is 6.44. The van der Waals surface area contributed by atoms with Crippen molar-refractivity contribution in [3.05, 3.63) is 46.1 Å². The third-order valence-corrected chi connectivity index (χ3v) is 2.90. The monoisotopic (exact) mass is 289 g/mol.